The van der Waals surface area contributed by atoms with Crippen molar-refractivity contribution in [1.29, 1.82) is 0 Å². The van der Waals surface area contributed by atoms with Crippen molar-refractivity contribution in [2.45, 2.75) is 17.1 Å². The van der Waals surface area contributed by atoms with Gasteiger partial charge in [0, 0.05) is 11.3 Å². The predicted molar refractivity (Wildman–Crippen MR) is 95.0 cm³/mol. The van der Waals surface area contributed by atoms with Gasteiger partial charge in [0.1, 0.15) is 11.0 Å². The van der Waals surface area contributed by atoms with E-state index in [-0.39, 0.29) is 11.3 Å². The van der Waals surface area contributed by atoms with Gasteiger partial charge in [0.05, 0.1) is 11.7 Å². The number of hydrogen-bond acceptors (Lipinski definition) is 5. The molecule has 0 saturated heterocycles. The molecule has 2 aromatic rings. The molecule has 25 heavy (non-hydrogen) atoms. The summed E-state index contributed by atoms with van der Waals surface area (Å²) in [5, 5.41) is 18.5. The number of aliphatic hydroxyl groups excluding tert-OH is 1. The van der Waals surface area contributed by atoms with Crippen LogP contribution in [0.1, 0.15) is 21.5 Å². The number of cyclic esters (lactones) is 1. The molecule has 1 aliphatic heterocycles. The smallest absolute Gasteiger partial charge is 0.335 e. The van der Waals surface area contributed by atoms with E-state index >= 15 is 0 Å². The third-order valence-corrected chi connectivity index (χ3v) is 5.09. The van der Waals surface area contributed by atoms with Gasteiger partial charge in [-0.25, -0.2) is 4.79 Å². The van der Waals surface area contributed by atoms with Gasteiger partial charge in [-0.05, 0) is 23.8 Å². The molecule has 1 heterocycles. The number of carboxylic acid groups (broad SMARTS) is 1. The molecule has 0 aliphatic carbocycles. The minimum atomic E-state index is -1.03. The maximum atomic E-state index is 12.2. The quantitative estimate of drug-likeness (QED) is 0.802. The highest BCUT2D eigenvalue weighted by Gasteiger charge is 2.33. The Morgan fingerprint density at radius 3 is 2.36 bits per heavy atom. The molecule has 0 spiro atoms. The van der Waals surface area contributed by atoms with E-state index in [1.165, 1.54) is 30.0 Å². The molecule has 128 valence electrons. The molecule has 2 N–H and O–H groups in total. The number of thioether (sulfide) groups is 1. The molecule has 2 aromatic carbocycles. The van der Waals surface area contributed by atoms with Crippen LogP contribution in [0.15, 0.2) is 60.7 Å². The lowest BCUT2D eigenvalue weighted by Crippen LogP contribution is -2.35. The van der Waals surface area contributed by atoms with Crippen molar-refractivity contribution in [2.75, 3.05) is 0 Å². The largest absolute Gasteiger partial charge is 0.478 e. The number of carboxylic acids is 1. The molecule has 2 unspecified atom stereocenters. The van der Waals surface area contributed by atoms with Crippen LogP contribution in [-0.4, -0.2) is 33.5 Å². The fourth-order valence-electron chi connectivity index (χ4n) is 2.44. The fraction of sp³-hybridized carbons (Fsp3) is 0.158. The molecule has 0 saturated carbocycles. The summed E-state index contributed by atoms with van der Waals surface area (Å²) in [6.07, 6.45) is 0.518. The first kappa shape index (κ1) is 17.3. The second-order valence-corrected chi connectivity index (χ2v) is 6.67. The monoisotopic (exact) mass is 356 g/mol. The molecule has 6 heteroatoms. The van der Waals surface area contributed by atoms with Gasteiger partial charge in [-0.3, -0.25) is 4.79 Å². The number of carbonyl (C=O) groups excluding carboxylic acids is 1. The average Bonchev–Trinajstić information content (AvgIpc) is 2.62. The molecule has 3 rings (SSSR count). The zero-order valence-electron chi connectivity index (χ0n) is 13.2. The summed E-state index contributed by atoms with van der Waals surface area (Å²) in [7, 11) is 0. The van der Waals surface area contributed by atoms with Crippen molar-refractivity contribution in [1.82, 2.24) is 0 Å². The van der Waals surface area contributed by atoms with E-state index in [1.807, 2.05) is 30.3 Å². The summed E-state index contributed by atoms with van der Waals surface area (Å²) >= 11 is 1.32. The number of rotatable bonds is 5. The lowest BCUT2D eigenvalue weighted by atomic mass is 10.1. The van der Waals surface area contributed by atoms with Gasteiger partial charge < -0.3 is 14.9 Å². The Morgan fingerprint density at radius 2 is 1.76 bits per heavy atom. The standard InChI is InChI=1S/C19H16O5S/c20-15-10-16(13-6-8-14(9-7-13)18(21)22)24-19(23)17(15)25-11-12-4-2-1-3-5-12/h1-10,15,17,20H,11H2,(H,21,22). The van der Waals surface area contributed by atoms with Crippen molar-refractivity contribution >= 4 is 29.5 Å². The van der Waals surface area contributed by atoms with Crippen LogP contribution in [0.5, 0.6) is 0 Å². The second kappa shape index (κ2) is 7.55. The first-order valence-corrected chi connectivity index (χ1v) is 8.70. The zero-order valence-corrected chi connectivity index (χ0v) is 14.0. The van der Waals surface area contributed by atoms with Crippen LogP contribution in [0.4, 0.5) is 0 Å². The number of carbonyl (C=O) groups is 2. The number of ether oxygens (including phenoxy) is 1. The molecule has 0 radical (unpaired) electrons. The van der Waals surface area contributed by atoms with E-state index in [0.29, 0.717) is 11.3 Å². The van der Waals surface area contributed by atoms with Gasteiger partial charge in [-0.1, -0.05) is 42.5 Å². The van der Waals surface area contributed by atoms with E-state index in [9.17, 15) is 14.7 Å². The minimum Gasteiger partial charge on any atom is -0.478 e. The summed E-state index contributed by atoms with van der Waals surface area (Å²) in [5.41, 5.74) is 1.75. The Kier molecular flexibility index (Phi) is 5.21. The molecular formula is C19H16O5S. The normalized spacial score (nSPS) is 19.9. The van der Waals surface area contributed by atoms with Crippen LogP contribution >= 0.6 is 11.8 Å². The van der Waals surface area contributed by atoms with E-state index < -0.39 is 23.3 Å². The molecular weight excluding hydrogens is 340 g/mol. The first-order valence-electron chi connectivity index (χ1n) is 7.65. The number of hydrogen-bond donors (Lipinski definition) is 2. The van der Waals surface area contributed by atoms with E-state index in [0.717, 1.165) is 5.56 Å². The maximum Gasteiger partial charge on any atom is 0.335 e. The Hall–Kier alpha value is -2.57. The molecule has 2 atom stereocenters. The second-order valence-electron chi connectivity index (χ2n) is 5.54. The van der Waals surface area contributed by atoms with Gasteiger partial charge in [0.2, 0.25) is 0 Å². The van der Waals surface area contributed by atoms with E-state index in [4.69, 9.17) is 9.84 Å². The van der Waals surface area contributed by atoms with Crippen molar-refractivity contribution < 1.29 is 24.5 Å². The molecule has 1 aliphatic rings. The van der Waals surface area contributed by atoms with Crippen LogP contribution in [-0.2, 0) is 15.3 Å². The van der Waals surface area contributed by atoms with Crippen LogP contribution in [0, 0.1) is 0 Å². The first-order chi connectivity index (χ1) is 12.0. The summed E-state index contributed by atoms with van der Waals surface area (Å²) in [6, 6.07) is 15.6. The topological polar surface area (TPSA) is 83.8 Å². The third kappa shape index (κ3) is 4.10. The fourth-order valence-corrected chi connectivity index (χ4v) is 3.47. The molecule has 0 amide bonds. The van der Waals surface area contributed by atoms with Crippen molar-refractivity contribution in [3.63, 3.8) is 0 Å². The van der Waals surface area contributed by atoms with Crippen LogP contribution in [0.2, 0.25) is 0 Å². The highest BCUT2D eigenvalue weighted by Crippen LogP contribution is 2.30. The summed E-state index contributed by atoms with van der Waals surface area (Å²) in [5.74, 6) is -0.702. The molecule has 0 aromatic heterocycles. The zero-order chi connectivity index (χ0) is 17.8. The van der Waals surface area contributed by atoms with E-state index in [2.05, 4.69) is 0 Å². The highest BCUT2D eigenvalue weighted by atomic mass is 32.2. The summed E-state index contributed by atoms with van der Waals surface area (Å²) < 4.78 is 5.34. The summed E-state index contributed by atoms with van der Waals surface area (Å²) in [4.78, 5) is 23.1. The van der Waals surface area contributed by atoms with Gasteiger partial charge in [0.25, 0.3) is 0 Å². The number of benzene rings is 2. The number of esters is 1. The van der Waals surface area contributed by atoms with Crippen molar-refractivity contribution in [3.8, 4) is 0 Å². The molecule has 0 fully saturated rings. The Labute approximate surface area is 148 Å². The average molecular weight is 356 g/mol. The Balaban J connectivity index is 1.71. The Morgan fingerprint density at radius 1 is 1.08 bits per heavy atom. The van der Waals surface area contributed by atoms with Crippen LogP contribution in [0.25, 0.3) is 5.76 Å². The summed E-state index contributed by atoms with van der Waals surface area (Å²) in [6.45, 7) is 0. The van der Waals surface area contributed by atoms with Gasteiger partial charge in [0.15, 0.2) is 0 Å². The van der Waals surface area contributed by atoms with Gasteiger partial charge >= 0.3 is 11.9 Å². The number of aliphatic hydroxyl groups is 1. The van der Waals surface area contributed by atoms with Crippen LogP contribution in [0.3, 0.4) is 0 Å². The predicted octanol–water partition coefficient (Wildman–Crippen LogP) is 2.95. The van der Waals surface area contributed by atoms with Gasteiger partial charge in [-0.2, -0.15) is 0 Å². The maximum absolute atomic E-state index is 12.2. The molecule has 0 bridgehead atoms. The van der Waals surface area contributed by atoms with Crippen molar-refractivity contribution in [2.24, 2.45) is 0 Å². The molecule has 5 nitrogen and oxygen atoms in total. The highest BCUT2D eigenvalue weighted by molar-refractivity contribution is 7.99. The Bertz CT molecular complexity index is 798. The van der Waals surface area contributed by atoms with E-state index in [1.54, 1.807) is 12.1 Å². The van der Waals surface area contributed by atoms with Crippen molar-refractivity contribution in [3.05, 3.63) is 77.4 Å². The third-order valence-electron chi connectivity index (χ3n) is 3.76. The van der Waals surface area contributed by atoms with Crippen LogP contribution < -0.4 is 0 Å². The lowest BCUT2D eigenvalue weighted by Gasteiger charge is -2.25. The number of aromatic carboxylic acids is 1. The van der Waals surface area contributed by atoms with Gasteiger partial charge in [-0.15, -0.1) is 11.8 Å². The SMILES string of the molecule is O=C(O)c1ccc(C2=CC(O)C(SCc3ccccc3)C(=O)O2)cc1. The lowest BCUT2D eigenvalue weighted by molar-refractivity contribution is -0.138. The minimum absolute atomic E-state index is 0.142.